The molecule has 0 amide bonds. The third kappa shape index (κ3) is 4.49. The number of thioether (sulfide) groups is 1. The number of allylic oxidation sites excluding steroid dienone is 1. The molecule has 1 aromatic carbocycles. The minimum Gasteiger partial charge on any atom is -0.380 e. The van der Waals surface area contributed by atoms with Crippen molar-refractivity contribution in [1.29, 1.82) is 0 Å². The molecule has 3 heterocycles. The Bertz CT molecular complexity index is 828. The van der Waals surface area contributed by atoms with Crippen LogP contribution in [-0.4, -0.2) is 34.2 Å². The van der Waals surface area contributed by atoms with Crippen LogP contribution in [0, 0.1) is 0 Å². The zero-order valence-electron chi connectivity index (χ0n) is 18.2. The molecular weight excluding hydrogens is 386 g/mol. The van der Waals surface area contributed by atoms with Gasteiger partial charge in [-0.1, -0.05) is 48.6 Å². The smallest absolute Gasteiger partial charge is 0.0807 e. The van der Waals surface area contributed by atoms with Crippen LogP contribution >= 0.6 is 11.8 Å². The van der Waals surface area contributed by atoms with Crippen LogP contribution in [0.2, 0.25) is 0 Å². The number of rotatable bonds is 10. The first kappa shape index (κ1) is 21.2. The summed E-state index contributed by atoms with van der Waals surface area (Å²) in [7, 11) is 0. The number of hydrogen-bond donors (Lipinski definition) is 2. The molecule has 0 saturated carbocycles. The molecule has 0 aliphatic carbocycles. The monoisotopic (exact) mass is 421 g/mol. The standard InChI is InChI=1S/C26H35N3S/c1-5-21(16-18(2)3)28-25-23-17-30-24-13-9-12-22(26(25)29(23)24)27-19(4)14-15-20-10-7-6-8-11-20/h5-8,10-11,21-24,27-28H,1-2,4,9,12-17H2,3H3. The maximum atomic E-state index is 4.37. The predicted molar refractivity (Wildman–Crippen MR) is 130 cm³/mol. The van der Waals surface area contributed by atoms with Crippen molar-refractivity contribution in [2.75, 3.05) is 5.75 Å². The van der Waals surface area contributed by atoms with Crippen molar-refractivity contribution in [2.24, 2.45) is 0 Å². The maximum absolute atomic E-state index is 4.37. The highest BCUT2D eigenvalue weighted by Gasteiger charge is 2.50. The molecule has 30 heavy (non-hydrogen) atoms. The molecule has 0 spiro atoms. The van der Waals surface area contributed by atoms with Gasteiger partial charge >= 0.3 is 0 Å². The maximum Gasteiger partial charge on any atom is 0.0807 e. The molecule has 2 fully saturated rings. The Morgan fingerprint density at radius 3 is 2.80 bits per heavy atom. The van der Waals surface area contributed by atoms with E-state index in [9.17, 15) is 0 Å². The van der Waals surface area contributed by atoms with Gasteiger partial charge in [0.15, 0.2) is 0 Å². The summed E-state index contributed by atoms with van der Waals surface area (Å²) in [5, 5.41) is 8.27. The van der Waals surface area contributed by atoms with Crippen molar-refractivity contribution in [1.82, 2.24) is 15.5 Å². The summed E-state index contributed by atoms with van der Waals surface area (Å²) in [6.45, 7) is 14.6. The molecule has 4 heteroatoms. The van der Waals surface area contributed by atoms with E-state index >= 15 is 0 Å². The molecule has 2 saturated heterocycles. The van der Waals surface area contributed by atoms with Gasteiger partial charge < -0.3 is 15.5 Å². The molecule has 4 rings (SSSR count). The second kappa shape index (κ2) is 9.38. The van der Waals surface area contributed by atoms with Crippen LogP contribution in [0.5, 0.6) is 0 Å². The fourth-order valence-electron chi connectivity index (χ4n) is 4.91. The van der Waals surface area contributed by atoms with Gasteiger partial charge in [-0.25, -0.2) is 0 Å². The quantitative estimate of drug-likeness (QED) is 0.498. The van der Waals surface area contributed by atoms with E-state index < -0.39 is 0 Å². The highest BCUT2D eigenvalue weighted by Crippen LogP contribution is 2.49. The lowest BCUT2D eigenvalue weighted by atomic mass is 9.93. The molecule has 0 bridgehead atoms. The van der Waals surface area contributed by atoms with E-state index in [-0.39, 0.29) is 6.04 Å². The van der Waals surface area contributed by atoms with E-state index in [4.69, 9.17) is 0 Å². The van der Waals surface area contributed by atoms with Crippen LogP contribution < -0.4 is 10.6 Å². The summed E-state index contributed by atoms with van der Waals surface area (Å²) >= 11 is 2.12. The minimum absolute atomic E-state index is 0.251. The summed E-state index contributed by atoms with van der Waals surface area (Å²) in [6.07, 6.45) is 8.69. The zero-order valence-corrected chi connectivity index (χ0v) is 19.0. The van der Waals surface area contributed by atoms with E-state index in [1.165, 1.54) is 47.5 Å². The molecule has 160 valence electrons. The van der Waals surface area contributed by atoms with Gasteiger partial charge in [-0.2, -0.15) is 0 Å². The molecule has 1 aromatic rings. The number of aryl methyl sites for hydroxylation is 1. The Labute approximate surface area is 186 Å². The van der Waals surface area contributed by atoms with Crippen LogP contribution in [0.4, 0.5) is 0 Å². The predicted octanol–water partition coefficient (Wildman–Crippen LogP) is 5.35. The zero-order chi connectivity index (χ0) is 21.1. The normalized spacial score (nSPS) is 25.6. The second-order valence-electron chi connectivity index (χ2n) is 8.87. The number of nitrogens with one attached hydrogen (secondary N) is 2. The van der Waals surface area contributed by atoms with Gasteiger partial charge in [0.25, 0.3) is 0 Å². The fraction of sp³-hybridized carbons (Fsp3) is 0.462. The third-order valence-corrected chi connectivity index (χ3v) is 7.74. The Morgan fingerprint density at radius 2 is 2.07 bits per heavy atom. The molecule has 4 atom stereocenters. The van der Waals surface area contributed by atoms with E-state index in [1.807, 2.05) is 6.08 Å². The van der Waals surface area contributed by atoms with Crippen LogP contribution in [0.15, 0.2) is 78.8 Å². The van der Waals surface area contributed by atoms with Crippen LogP contribution in [0.1, 0.15) is 44.6 Å². The molecule has 0 aromatic heterocycles. The van der Waals surface area contributed by atoms with Crippen molar-refractivity contribution in [2.45, 2.75) is 68.9 Å². The Balaban J connectivity index is 1.47. The summed E-state index contributed by atoms with van der Waals surface area (Å²) in [6, 6.07) is 11.8. The topological polar surface area (TPSA) is 27.3 Å². The Kier molecular flexibility index (Phi) is 6.62. The van der Waals surface area contributed by atoms with Gasteiger partial charge in [-0.15, -0.1) is 24.9 Å². The minimum atomic E-state index is 0.251. The average Bonchev–Trinajstić information content (AvgIpc) is 3.00. The lowest BCUT2D eigenvalue weighted by Crippen LogP contribution is -2.56. The molecule has 3 aliphatic heterocycles. The van der Waals surface area contributed by atoms with Gasteiger partial charge in [0.1, 0.15) is 0 Å². The summed E-state index contributed by atoms with van der Waals surface area (Å²) in [5.41, 5.74) is 6.61. The van der Waals surface area contributed by atoms with E-state index in [0.717, 1.165) is 25.0 Å². The Hall–Kier alpha value is -2.07. The highest BCUT2D eigenvalue weighted by atomic mass is 32.2. The Morgan fingerprint density at radius 1 is 1.27 bits per heavy atom. The first-order valence-corrected chi connectivity index (χ1v) is 12.3. The second-order valence-corrected chi connectivity index (χ2v) is 10.1. The highest BCUT2D eigenvalue weighted by molar-refractivity contribution is 8.00. The molecular formula is C26H35N3S. The lowest BCUT2D eigenvalue weighted by Gasteiger charge is -2.47. The summed E-state index contributed by atoms with van der Waals surface area (Å²) in [5.74, 6) is 1.19. The first-order chi connectivity index (χ1) is 14.6. The molecule has 3 nitrogen and oxygen atoms in total. The van der Waals surface area contributed by atoms with Crippen LogP contribution in [-0.2, 0) is 6.42 Å². The average molecular weight is 422 g/mol. The van der Waals surface area contributed by atoms with Crippen molar-refractivity contribution >= 4 is 11.8 Å². The lowest BCUT2D eigenvalue weighted by molar-refractivity contribution is 0.210. The van der Waals surface area contributed by atoms with E-state index in [2.05, 4.69) is 84.3 Å². The molecule has 4 unspecified atom stereocenters. The number of nitrogens with zero attached hydrogens (tertiary/aromatic N) is 1. The molecule has 0 radical (unpaired) electrons. The van der Waals surface area contributed by atoms with Gasteiger partial charge in [-0.05, 0) is 51.0 Å². The van der Waals surface area contributed by atoms with Crippen molar-refractivity contribution in [3.8, 4) is 0 Å². The third-order valence-electron chi connectivity index (χ3n) is 6.38. The van der Waals surface area contributed by atoms with Gasteiger partial charge in [0.05, 0.1) is 28.9 Å². The van der Waals surface area contributed by atoms with Crippen molar-refractivity contribution in [3.63, 3.8) is 0 Å². The summed E-state index contributed by atoms with van der Waals surface area (Å²) in [4.78, 5) is 2.68. The van der Waals surface area contributed by atoms with Gasteiger partial charge in [0, 0.05) is 17.5 Å². The van der Waals surface area contributed by atoms with E-state index in [0.29, 0.717) is 17.5 Å². The fourth-order valence-corrected chi connectivity index (χ4v) is 6.40. The number of benzene rings is 1. The van der Waals surface area contributed by atoms with Crippen LogP contribution in [0.25, 0.3) is 0 Å². The molecule has 3 aliphatic rings. The molecule has 2 N–H and O–H groups in total. The van der Waals surface area contributed by atoms with Gasteiger partial charge in [-0.3, -0.25) is 0 Å². The summed E-state index contributed by atoms with van der Waals surface area (Å²) < 4.78 is 0. The van der Waals surface area contributed by atoms with E-state index in [1.54, 1.807) is 0 Å². The SMILES string of the molecule is C=CC(CC(=C)C)NC1=C2C(NC(=C)CCc3ccccc3)CCCC3SCC1N23. The largest absolute Gasteiger partial charge is 0.380 e. The van der Waals surface area contributed by atoms with Crippen molar-refractivity contribution < 1.29 is 0 Å². The number of hydrogen-bond acceptors (Lipinski definition) is 4. The van der Waals surface area contributed by atoms with Crippen molar-refractivity contribution in [3.05, 3.63) is 84.4 Å². The van der Waals surface area contributed by atoms with Gasteiger partial charge in [0.2, 0.25) is 0 Å². The first-order valence-electron chi connectivity index (χ1n) is 11.2. The van der Waals surface area contributed by atoms with Crippen LogP contribution in [0.3, 0.4) is 0 Å².